The third-order valence-electron chi connectivity index (χ3n) is 2.55. The molecule has 0 aliphatic carbocycles. The normalized spacial score (nSPS) is 10.5. The van der Waals surface area contributed by atoms with Crippen LogP contribution in [-0.4, -0.2) is 5.78 Å². The molecule has 0 saturated carbocycles. The molecule has 98 valence electrons. The minimum atomic E-state index is -0.497. The van der Waals surface area contributed by atoms with Gasteiger partial charge in [0.1, 0.15) is 11.6 Å². The van der Waals surface area contributed by atoms with Crippen LogP contribution in [0.2, 0.25) is 5.02 Å². The summed E-state index contributed by atoms with van der Waals surface area (Å²) >= 11 is 8.97. The van der Waals surface area contributed by atoms with Crippen LogP contribution in [0.3, 0.4) is 0 Å². The average Bonchev–Trinajstić information content (AvgIpc) is 2.31. The lowest BCUT2D eigenvalue weighted by molar-refractivity contribution is 0.0992. The third-order valence-corrected chi connectivity index (χ3v) is 3.36. The van der Waals surface area contributed by atoms with Crippen molar-refractivity contribution in [3.63, 3.8) is 0 Å². The van der Waals surface area contributed by atoms with Crippen molar-refractivity contribution >= 4 is 33.3 Å². The van der Waals surface area contributed by atoms with Crippen LogP contribution in [0.1, 0.15) is 15.9 Å². The van der Waals surface area contributed by atoms with Crippen LogP contribution in [-0.2, 0) is 6.42 Å². The van der Waals surface area contributed by atoms with Crippen LogP contribution in [0.25, 0.3) is 0 Å². The lowest BCUT2D eigenvalue weighted by atomic mass is 10.0. The molecule has 2 rings (SSSR count). The van der Waals surface area contributed by atoms with E-state index in [9.17, 15) is 13.6 Å². The van der Waals surface area contributed by atoms with E-state index >= 15 is 0 Å². The maximum absolute atomic E-state index is 13.2. The van der Waals surface area contributed by atoms with Gasteiger partial charge >= 0.3 is 0 Å². The zero-order valence-electron chi connectivity index (χ0n) is 9.59. The Kier molecular flexibility index (Phi) is 4.32. The smallest absolute Gasteiger partial charge is 0.167 e. The van der Waals surface area contributed by atoms with Crippen molar-refractivity contribution < 1.29 is 13.6 Å². The fraction of sp³-hybridized carbons (Fsp3) is 0.0714. The first kappa shape index (κ1) is 14.2. The fourth-order valence-corrected chi connectivity index (χ4v) is 2.35. The first-order chi connectivity index (χ1) is 8.95. The lowest BCUT2D eigenvalue weighted by Crippen LogP contribution is -2.05. The van der Waals surface area contributed by atoms with Gasteiger partial charge in [-0.15, -0.1) is 0 Å². The van der Waals surface area contributed by atoms with Crippen molar-refractivity contribution in [1.82, 2.24) is 0 Å². The fourth-order valence-electron chi connectivity index (χ4n) is 1.65. The van der Waals surface area contributed by atoms with Gasteiger partial charge in [0.15, 0.2) is 5.78 Å². The molecule has 0 unspecified atom stereocenters. The number of rotatable bonds is 3. The van der Waals surface area contributed by atoms with Crippen LogP contribution >= 0.6 is 27.5 Å². The van der Waals surface area contributed by atoms with Crippen molar-refractivity contribution in [3.05, 3.63) is 68.7 Å². The molecule has 0 amide bonds. The van der Waals surface area contributed by atoms with Gasteiger partial charge in [-0.3, -0.25) is 4.79 Å². The van der Waals surface area contributed by atoms with Crippen LogP contribution in [0, 0.1) is 11.6 Å². The van der Waals surface area contributed by atoms with Gasteiger partial charge in [-0.1, -0.05) is 33.6 Å². The van der Waals surface area contributed by atoms with E-state index in [0.717, 1.165) is 12.1 Å². The Morgan fingerprint density at radius 3 is 2.47 bits per heavy atom. The minimum Gasteiger partial charge on any atom is -0.294 e. The predicted molar refractivity (Wildman–Crippen MR) is 73.5 cm³/mol. The minimum absolute atomic E-state index is 0.00495. The van der Waals surface area contributed by atoms with E-state index in [2.05, 4.69) is 15.9 Å². The summed E-state index contributed by atoms with van der Waals surface area (Å²) in [4.78, 5) is 12.0. The Balaban J connectivity index is 2.25. The second-order valence-electron chi connectivity index (χ2n) is 3.99. The second kappa shape index (κ2) is 5.80. The lowest BCUT2D eigenvalue weighted by Gasteiger charge is -2.05. The molecule has 0 aromatic heterocycles. The van der Waals surface area contributed by atoms with Gasteiger partial charge < -0.3 is 0 Å². The largest absolute Gasteiger partial charge is 0.294 e. The zero-order chi connectivity index (χ0) is 14.0. The van der Waals surface area contributed by atoms with Gasteiger partial charge in [0.25, 0.3) is 0 Å². The summed E-state index contributed by atoms with van der Waals surface area (Å²) < 4.78 is 26.6. The number of carbonyl (C=O) groups is 1. The molecule has 0 heterocycles. The summed E-state index contributed by atoms with van der Waals surface area (Å²) in [5, 5.41) is 0.184. The van der Waals surface area contributed by atoms with Gasteiger partial charge in [0.2, 0.25) is 0 Å². The molecule has 0 aliphatic rings. The molecule has 0 N–H and O–H groups in total. The highest BCUT2D eigenvalue weighted by molar-refractivity contribution is 9.10. The van der Waals surface area contributed by atoms with Gasteiger partial charge in [-0.2, -0.15) is 0 Å². The molecule has 2 aromatic carbocycles. The van der Waals surface area contributed by atoms with Crippen LogP contribution in [0.5, 0.6) is 0 Å². The van der Waals surface area contributed by atoms with E-state index < -0.39 is 11.6 Å². The maximum Gasteiger partial charge on any atom is 0.167 e. The van der Waals surface area contributed by atoms with Crippen LogP contribution < -0.4 is 0 Å². The molecular formula is C14H8BrClF2O. The van der Waals surface area contributed by atoms with Crippen molar-refractivity contribution in [2.75, 3.05) is 0 Å². The summed E-state index contributed by atoms with van der Waals surface area (Å²) in [6.07, 6.45) is -0.00495. The molecular weight excluding hydrogens is 338 g/mol. The summed E-state index contributed by atoms with van der Waals surface area (Å²) in [5.41, 5.74) is 0.751. The molecule has 5 heteroatoms. The van der Waals surface area contributed by atoms with E-state index in [-0.39, 0.29) is 22.8 Å². The Labute approximate surface area is 122 Å². The number of benzene rings is 2. The van der Waals surface area contributed by atoms with Crippen molar-refractivity contribution in [2.45, 2.75) is 6.42 Å². The van der Waals surface area contributed by atoms with Gasteiger partial charge in [-0.25, -0.2) is 8.78 Å². The Morgan fingerprint density at radius 1 is 1.11 bits per heavy atom. The summed E-state index contributed by atoms with van der Waals surface area (Å²) in [5.74, 6) is -1.24. The van der Waals surface area contributed by atoms with E-state index in [0.29, 0.717) is 10.0 Å². The van der Waals surface area contributed by atoms with Crippen LogP contribution in [0.4, 0.5) is 8.78 Å². The van der Waals surface area contributed by atoms with Crippen LogP contribution in [0.15, 0.2) is 40.9 Å². The molecule has 19 heavy (non-hydrogen) atoms. The molecule has 0 spiro atoms. The molecule has 2 aromatic rings. The Morgan fingerprint density at radius 2 is 1.84 bits per heavy atom. The highest BCUT2D eigenvalue weighted by atomic mass is 79.9. The number of Topliss-reactive ketones (excluding diaryl/α,β-unsaturated/α-hetero) is 1. The van der Waals surface area contributed by atoms with E-state index in [1.807, 2.05) is 0 Å². The molecule has 0 radical (unpaired) electrons. The predicted octanol–water partition coefficient (Wildman–Crippen LogP) is 4.81. The molecule has 1 nitrogen and oxygen atoms in total. The number of hydrogen-bond acceptors (Lipinski definition) is 1. The average molecular weight is 346 g/mol. The summed E-state index contributed by atoms with van der Waals surface area (Å²) in [6.45, 7) is 0. The third kappa shape index (κ3) is 3.61. The topological polar surface area (TPSA) is 17.1 Å². The number of ketones is 1. The zero-order valence-corrected chi connectivity index (χ0v) is 11.9. The quantitative estimate of drug-likeness (QED) is 0.730. The Hall–Kier alpha value is -1.26. The van der Waals surface area contributed by atoms with E-state index in [1.54, 1.807) is 0 Å². The van der Waals surface area contributed by atoms with Crippen molar-refractivity contribution in [1.29, 1.82) is 0 Å². The summed E-state index contributed by atoms with van der Waals surface area (Å²) in [6, 6.07) is 7.78. The van der Waals surface area contributed by atoms with Gasteiger partial charge in [-0.05, 0) is 35.9 Å². The number of carbonyl (C=O) groups excluding carboxylic acids is 1. The molecule has 0 saturated heterocycles. The highest BCUT2D eigenvalue weighted by Gasteiger charge is 2.12. The van der Waals surface area contributed by atoms with Crippen molar-refractivity contribution in [2.24, 2.45) is 0 Å². The first-order valence-corrected chi connectivity index (χ1v) is 6.56. The molecule has 0 atom stereocenters. The Bertz CT molecular complexity index is 623. The number of hydrogen-bond donors (Lipinski definition) is 0. The van der Waals surface area contributed by atoms with Gasteiger partial charge in [0.05, 0.1) is 0 Å². The number of halogens is 4. The second-order valence-corrected chi connectivity index (χ2v) is 5.32. The highest BCUT2D eigenvalue weighted by Crippen LogP contribution is 2.21. The van der Waals surface area contributed by atoms with E-state index in [4.69, 9.17) is 11.6 Å². The standard InChI is InChI=1S/C14H8BrClF2O/c15-10-3-9(4-12(18)6-10)14(19)5-8-1-2-11(17)7-13(8)16/h1-4,6-7H,5H2. The molecule has 0 bridgehead atoms. The van der Waals surface area contributed by atoms with E-state index in [1.165, 1.54) is 24.3 Å². The SMILES string of the molecule is O=C(Cc1ccc(F)cc1Cl)c1cc(F)cc(Br)c1. The maximum atomic E-state index is 13.2. The van der Waals surface area contributed by atoms with Crippen molar-refractivity contribution in [3.8, 4) is 0 Å². The molecule has 0 aliphatic heterocycles. The summed E-state index contributed by atoms with van der Waals surface area (Å²) in [7, 11) is 0. The monoisotopic (exact) mass is 344 g/mol. The first-order valence-electron chi connectivity index (χ1n) is 5.39. The van der Waals surface area contributed by atoms with Gasteiger partial charge in [0, 0.05) is 21.5 Å². The molecule has 0 fully saturated rings.